The lowest BCUT2D eigenvalue weighted by Crippen LogP contribution is -2.20. The maximum absolute atomic E-state index is 4.91. The molecule has 3 heterocycles. The van der Waals surface area contributed by atoms with Gasteiger partial charge in [0.25, 0.3) is 0 Å². The first-order valence-corrected chi connectivity index (χ1v) is 14.0. The van der Waals surface area contributed by atoms with Gasteiger partial charge in [-0.1, -0.05) is 17.7 Å². The molecule has 4 heteroatoms. The van der Waals surface area contributed by atoms with E-state index in [4.69, 9.17) is 12.6 Å². The van der Waals surface area contributed by atoms with Crippen molar-refractivity contribution in [2.45, 2.75) is 62.5 Å². The maximum atomic E-state index is 4.91. The van der Waals surface area contributed by atoms with Gasteiger partial charge in [0.05, 0.1) is 4.21 Å². The topological polar surface area (TPSA) is 0 Å². The normalized spacial score (nSPS) is 19.7. The molecule has 0 spiro atoms. The summed E-state index contributed by atoms with van der Waals surface area (Å²) in [7, 11) is 0. The zero-order chi connectivity index (χ0) is 21.3. The number of thiol groups is 1. The van der Waals surface area contributed by atoms with Crippen LogP contribution in [-0.2, 0) is 0 Å². The summed E-state index contributed by atoms with van der Waals surface area (Å²) < 4.78 is 1.28. The van der Waals surface area contributed by atoms with Crippen LogP contribution >= 0.6 is 46.6 Å². The van der Waals surface area contributed by atoms with Crippen LogP contribution in [0.3, 0.4) is 0 Å². The summed E-state index contributed by atoms with van der Waals surface area (Å²) in [5.74, 6) is 1.52. The average Bonchev–Trinajstić information content (AvgIpc) is 3.47. The Morgan fingerprint density at radius 1 is 0.677 bits per heavy atom. The Balaban J connectivity index is 1.37. The van der Waals surface area contributed by atoms with E-state index in [2.05, 4.69) is 57.2 Å². The number of rotatable bonds is 3. The van der Waals surface area contributed by atoms with E-state index < -0.39 is 0 Å². The van der Waals surface area contributed by atoms with Crippen molar-refractivity contribution in [3.63, 3.8) is 0 Å². The Morgan fingerprint density at radius 2 is 1.19 bits per heavy atom. The molecule has 2 bridgehead atoms. The van der Waals surface area contributed by atoms with Crippen LogP contribution in [0.1, 0.15) is 65.3 Å². The molecule has 31 heavy (non-hydrogen) atoms. The van der Waals surface area contributed by atoms with Crippen LogP contribution < -0.4 is 0 Å². The van der Waals surface area contributed by atoms with Crippen LogP contribution in [0.25, 0.3) is 29.9 Å². The van der Waals surface area contributed by atoms with Gasteiger partial charge in [0.2, 0.25) is 0 Å². The molecule has 3 aromatic heterocycles. The lowest BCUT2D eigenvalue weighted by molar-refractivity contribution is 0.358. The van der Waals surface area contributed by atoms with Gasteiger partial charge in [-0.25, -0.2) is 0 Å². The van der Waals surface area contributed by atoms with Gasteiger partial charge in [0, 0.05) is 24.4 Å². The average molecular weight is 479 g/mol. The summed E-state index contributed by atoms with van der Waals surface area (Å²) in [4.78, 5) is 7.08. The number of aryl methyl sites for hydroxylation is 3. The number of fused-ring (bicyclic) bond motifs is 2. The molecule has 1 fully saturated rings. The second-order valence-corrected chi connectivity index (χ2v) is 13.2. The summed E-state index contributed by atoms with van der Waals surface area (Å²) >= 11 is 10.7. The first kappa shape index (κ1) is 20.3. The second-order valence-electron chi connectivity index (χ2n) is 9.21. The minimum atomic E-state index is 0.762. The van der Waals surface area contributed by atoms with Crippen LogP contribution in [0.15, 0.2) is 40.6 Å². The van der Waals surface area contributed by atoms with Gasteiger partial charge >= 0.3 is 0 Å². The summed E-state index contributed by atoms with van der Waals surface area (Å²) in [6.07, 6.45) is 5.48. The molecule has 1 saturated carbocycles. The van der Waals surface area contributed by atoms with E-state index in [1.165, 1.54) is 76.5 Å². The van der Waals surface area contributed by atoms with Crippen molar-refractivity contribution >= 4 is 46.6 Å². The molecule has 158 valence electrons. The molecule has 1 aromatic carbocycles. The van der Waals surface area contributed by atoms with E-state index in [0.29, 0.717) is 0 Å². The standard InChI is InChI=1S/C27H26S4/c1-14-12-15(2)23(16(3)13-14)21-10-8-19(29-21)20-9-11-22(30-20)26-24-17-4-6-18(7-5-17)25(24)27(28)31-26/h8-13,17-18,28H,4-7H2,1-3H3. The van der Waals surface area contributed by atoms with Gasteiger partial charge in [-0.05, 0) is 110 Å². The van der Waals surface area contributed by atoms with E-state index in [-0.39, 0.29) is 0 Å². The van der Waals surface area contributed by atoms with Crippen molar-refractivity contribution in [2.24, 2.45) is 0 Å². The van der Waals surface area contributed by atoms with E-state index >= 15 is 0 Å². The van der Waals surface area contributed by atoms with E-state index in [9.17, 15) is 0 Å². The molecule has 0 saturated heterocycles. The van der Waals surface area contributed by atoms with Crippen LogP contribution in [0, 0.1) is 20.8 Å². The molecule has 0 atom stereocenters. The molecule has 0 nitrogen and oxygen atoms in total. The van der Waals surface area contributed by atoms with E-state index in [0.717, 1.165) is 11.8 Å². The van der Waals surface area contributed by atoms with Crippen LogP contribution in [-0.4, -0.2) is 0 Å². The lowest BCUT2D eigenvalue weighted by atomic mass is 9.68. The molecule has 3 aliphatic rings. The minimum Gasteiger partial charge on any atom is -0.134 e. The molecular formula is C27H26S4. The molecule has 0 amide bonds. The van der Waals surface area contributed by atoms with Crippen molar-refractivity contribution in [3.05, 3.63) is 64.2 Å². The van der Waals surface area contributed by atoms with Gasteiger partial charge in [-0.15, -0.1) is 46.6 Å². The Morgan fingerprint density at radius 3 is 1.84 bits per heavy atom. The molecule has 4 aromatic rings. The number of hydrogen-bond donors (Lipinski definition) is 1. The third-order valence-corrected chi connectivity index (χ3v) is 11.2. The van der Waals surface area contributed by atoms with Gasteiger partial charge in [0.15, 0.2) is 0 Å². The molecule has 0 N–H and O–H groups in total. The van der Waals surface area contributed by atoms with Crippen LogP contribution in [0.4, 0.5) is 0 Å². The van der Waals surface area contributed by atoms with Gasteiger partial charge in [-0.2, -0.15) is 0 Å². The summed E-state index contributed by atoms with van der Waals surface area (Å²) in [6.45, 7) is 6.66. The molecule has 0 radical (unpaired) electrons. The number of benzene rings is 1. The second kappa shape index (κ2) is 7.62. The Hall–Kier alpha value is -1.33. The number of hydrogen-bond acceptors (Lipinski definition) is 4. The predicted molar refractivity (Wildman–Crippen MR) is 142 cm³/mol. The first-order valence-electron chi connectivity index (χ1n) is 11.1. The Bertz CT molecular complexity index is 1270. The zero-order valence-corrected chi connectivity index (χ0v) is 21.5. The SMILES string of the molecule is Cc1cc(C)c(-c2ccc(-c3ccc(-c4sc(S)c5c4C4CCC5CC4)s3)s2)c(C)c1. The number of thiophene rings is 3. The molecule has 7 rings (SSSR count). The maximum Gasteiger partial charge on any atom is 0.0612 e. The summed E-state index contributed by atoms with van der Waals surface area (Å²) in [5, 5.41) is 0. The highest BCUT2D eigenvalue weighted by Crippen LogP contribution is 2.58. The highest BCUT2D eigenvalue weighted by atomic mass is 32.2. The quantitative estimate of drug-likeness (QED) is 0.278. The summed E-state index contributed by atoms with van der Waals surface area (Å²) in [6, 6.07) is 13.9. The smallest absolute Gasteiger partial charge is 0.0612 e. The molecule has 0 unspecified atom stereocenters. The van der Waals surface area contributed by atoms with Gasteiger partial charge in [0.1, 0.15) is 0 Å². The lowest BCUT2D eigenvalue weighted by Gasteiger charge is -2.37. The van der Waals surface area contributed by atoms with E-state index in [1.807, 2.05) is 34.0 Å². The molecule has 0 aliphatic heterocycles. The van der Waals surface area contributed by atoms with Crippen molar-refractivity contribution in [1.29, 1.82) is 0 Å². The summed E-state index contributed by atoms with van der Waals surface area (Å²) in [5.41, 5.74) is 8.75. The fourth-order valence-corrected chi connectivity index (χ4v) is 10.1. The van der Waals surface area contributed by atoms with Crippen LogP contribution in [0.2, 0.25) is 0 Å². The monoisotopic (exact) mass is 478 g/mol. The third-order valence-electron chi connectivity index (χ3n) is 7.11. The molecular weight excluding hydrogens is 453 g/mol. The fourth-order valence-electron chi connectivity index (χ4n) is 5.86. The molecule has 3 aliphatic carbocycles. The van der Waals surface area contributed by atoms with E-state index in [1.54, 1.807) is 11.1 Å². The third kappa shape index (κ3) is 3.30. The Kier molecular flexibility index (Phi) is 4.99. The largest absolute Gasteiger partial charge is 0.134 e. The van der Waals surface area contributed by atoms with Gasteiger partial charge in [-0.3, -0.25) is 0 Å². The fraction of sp³-hybridized carbons (Fsp3) is 0.333. The van der Waals surface area contributed by atoms with Crippen LogP contribution in [0.5, 0.6) is 0 Å². The highest BCUT2D eigenvalue weighted by Gasteiger charge is 2.38. The Labute approximate surface area is 202 Å². The zero-order valence-electron chi connectivity index (χ0n) is 18.1. The van der Waals surface area contributed by atoms with Crippen molar-refractivity contribution < 1.29 is 0 Å². The highest BCUT2D eigenvalue weighted by molar-refractivity contribution is 7.83. The van der Waals surface area contributed by atoms with Crippen molar-refractivity contribution in [3.8, 4) is 29.9 Å². The van der Waals surface area contributed by atoms with Crippen molar-refractivity contribution in [1.82, 2.24) is 0 Å². The van der Waals surface area contributed by atoms with Gasteiger partial charge < -0.3 is 0 Å². The van der Waals surface area contributed by atoms with Crippen molar-refractivity contribution in [2.75, 3.05) is 0 Å². The first-order chi connectivity index (χ1) is 15.0. The predicted octanol–water partition coefficient (Wildman–Crippen LogP) is 9.84. The minimum absolute atomic E-state index is 0.762.